The molecule has 2 aliphatic carbocycles. The van der Waals surface area contributed by atoms with Crippen molar-refractivity contribution >= 4 is 17.8 Å². The summed E-state index contributed by atoms with van der Waals surface area (Å²) in [6, 6.07) is 6.37. The van der Waals surface area contributed by atoms with Crippen molar-refractivity contribution in [2.24, 2.45) is 11.1 Å². The molecule has 2 saturated carbocycles. The molecule has 3 nitrogen and oxygen atoms in total. The summed E-state index contributed by atoms with van der Waals surface area (Å²) in [6.07, 6.45) is 7.73. The minimum absolute atomic E-state index is 0.0578. The third-order valence-electron chi connectivity index (χ3n) is 3.85. The molecule has 3 rings (SSSR count). The molecule has 21 heavy (non-hydrogen) atoms. The molecule has 4 heteroatoms. The van der Waals surface area contributed by atoms with E-state index in [-0.39, 0.29) is 17.7 Å². The lowest BCUT2D eigenvalue weighted by Crippen LogP contribution is -2.12. The van der Waals surface area contributed by atoms with Crippen LogP contribution in [0.1, 0.15) is 44.1 Å². The van der Waals surface area contributed by atoms with Gasteiger partial charge in [0.1, 0.15) is 5.82 Å². The van der Waals surface area contributed by atoms with E-state index in [9.17, 15) is 9.18 Å². The minimum Gasteiger partial charge on any atom is -0.318 e. The summed E-state index contributed by atoms with van der Waals surface area (Å²) in [4.78, 5) is 16.6. The van der Waals surface area contributed by atoms with Gasteiger partial charge in [-0.2, -0.15) is 0 Å². The van der Waals surface area contributed by atoms with Crippen molar-refractivity contribution in [3.05, 3.63) is 41.2 Å². The van der Waals surface area contributed by atoms with Gasteiger partial charge < -0.3 is 4.84 Å². The van der Waals surface area contributed by atoms with Crippen molar-refractivity contribution in [3.63, 3.8) is 0 Å². The molecule has 0 aromatic heterocycles. The lowest BCUT2D eigenvalue weighted by Gasteiger charge is -2.16. The fourth-order valence-electron chi connectivity index (χ4n) is 2.43. The van der Waals surface area contributed by atoms with Crippen LogP contribution in [0, 0.1) is 11.7 Å². The van der Waals surface area contributed by atoms with Gasteiger partial charge in [0.05, 0.1) is 11.6 Å². The van der Waals surface area contributed by atoms with E-state index in [1.807, 2.05) is 6.08 Å². The zero-order valence-corrected chi connectivity index (χ0v) is 11.8. The molecule has 1 aromatic rings. The Morgan fingerprint density at radius 3 is 2.62 bits per heavy atom. The highest BCUT2D eigenvalue weighted by molar-refractivity contribution is 6.04. The van der Waals surface area contributed by atoms with Gasteiger partial charge in [-0.15, -0.1) is 0 Å². The summed E-state index contributed by atoms with van der Waals surface area (Å²) >= 11 is 0. The van der Waals surface area contributed by atoms with Gasteiger partial charge in [-0.3, -0.25) is 0 Å². The monoisotopic (exact) mass is 287 g/mol. The molecule has 0 amide bonds. The summed E-state index contributed by atoms with van der Waals surface area (Å²) in [7, 11) is 0. The maximum Gasteiger partial charge on any atom is 0.338 e. The number of nitrogens with zero attached hydrogens (tertiary/aromatic N) is 1. The van der Waals surface area contributed by atoms with Gasteiger partial charge in [0.15, 0.2) is 0 Å². The quantitative estimate of drug-likeness (QED) is 0.620. The average molecular weight is 287 g/mol. The molecule has 0 heterocycles. The van der Waals surface area contributed by atoms with E-state index < -0.39 is 0 Å². The smallest absolute Gasteiger partial charge is 0.318 e. The van der Waals surface area contributed by atoms with Crippen molar-refractivity contribution in [1.82, 2.24) is 0 Å². The first-order chi connectivity index (χ1) is 10.2. The lowest BCUT2D eigenvalue weighted by atomic mass is 9.91. The highest BCUT2D eigenvalue weighted by atomic mass is 19.1. The first kappa shape index (κ1) is 14.0. The number of oxime groups is 1. The van der Waals surface area contributed by atoms with E-state index in [1.54, 1.807) is 12.1 Å². The molecular weight excluding hydrogens is 269 g/mol. The molecule has 0 atom stereocenters. The molecule has 0 spiro atoms. The van der Waals surface area contributed by atoms with Crippen LogP contribution in [0.3, 0.4) is 0 Å². The molecule has 2 fully saturated rings. The van der Waals surface area contributed by atoms with Crippen molar-refractivity contribution in [3.8, 4) is 0 Å². The Labute approximate surface area is 123 Å². The van der Waals surface area contributed by atoms with Crippen LogP contribution in [0.25, 0.3) is 6.08 Å². The highest BCUT2D eigenvalue weighted by Crippen LogP contribution is 2.30. The van der Waals surface area contributed by atoms with E-state index in [4.69, 9.17) is 4.84 Å². The fourth-order valence-corrected chi connectivity index (χ4v) is 2.43. The standard InChI is InChI=1S/C17H18FNO2/c18-15-9-5-12(6-10-15)11-14-3-1-2-4-16(14)19-21-17(20)13-7-8-13/h5-6,9-11,13H,1-4,7-8H2. The van der Waals surface area contributed by atoms with Crippen molar-refractivity contribution in [2.75, 3.05) is 0 Å². The minimum atomic E-state index is -0.243. The van der Waals surface area contributed by atoms with E-state index in [1.165, 1.54) is 12.1 Å². The van der Waals surface area contributed by atoms with Gasteiger partial charge in [0, 0.05) is 0 Å². The lowest BCUT2D eigenvalue weighted by molar-refractivity contribution is -0.145. The summed E-state index contributed by atoms with van der Waals surface area (Å²) in [6.45, 7) is 0. The normalized spacial score (nSPS) is 22.5. The van der Waals surface area contributed by atoms with Crippen LogP contribution >= 0.6 is 0 Å². The van der Waals surface area contributed by atoms with Gasteiger partial charge in [-0.1, -0.05) is 17.3 Å². The summed E-state index contributed by atoms with van der Waals surface area (Å²) in [5.74, 6) is -0.398. The topological polar surface area (TPSA) is 38.7 Å². The zero-order valence-electron chi connectivity index (χ0n) is 11.8. The van der Waals surface area contributed by atoms with E-state index >= 15 is 0 Å². The van der Waals surface area contributed by atoms with Gasteiger partial charge >= 0.3 is 5.97 Å². The Morgan fingerprint density at radius 1 is 1.19 bits per heavy atom. The van der Waals surface area contributed by atoms with Crippen LogP contribution in [0.4, 0.5) is 4.39 Å². The molecule has 1 aromatic carbocycles. The number of allylic oxidation sites excluding steroid dienone is 1. The SMILES string of the molecule is O=C(ON=C1CCCCC1=Cc1ccc(F)cc1)C1CC1. The molecule has 0 N–H and O–H groups in total. The molecule has 0 unspecified atom stereocenters. The highest BCUT2D eigenvalue weighted by Gasteiger charge is 2.32. The second-order valence-electron chi connectivity index (χ2n) is 5.65. The molecule has 0 bridgehead atoms. The number of carbonyl (C=O) groups excluding carboxylic acids is 1. The first-order valence-electron chi connectivity index (χ1n) is 7.46. The van der Waals surface area contributed by atoms with Gasteiger partial charge in [0.2, 0.25) is 0 Å². The van der Waals surface area contributed by atoms with E-state index in [0.29, 0.717) is 0 Å². The van der Waals surface area contributed by atoms with Crippen molar-refractivity contribution in [2.45, 2.75) is 38.5 Å². The summed E-state index contributed by atoms with van der Waals surface area (Å²) in [5.41, 5.74) is 2.87. The van der Waals surface area contributed by atoms with Gasteiger partial charge in [-0.05, 0) is 67.9 Å². The molecular formula is C17H18FNO2. The largest absolute Gasteiger partial charge is 0.338 e. The molecule has 0 radical (unpaired) electrons. The molecule has 2 aliphatic rings. The summed E-state index contributed by atoms with van der Waals surface area (Å²) in [5, 5.41) is 4.06. The number of carbonyl (C=O) groups is 1. The van der Waals surface area contributed by atoms with Crippen LogP contribution in [-0.2, 0) is 9.63 Å². The fraction of sp³-hybridized carbons (Fsp3) is 0.412. The average Bonchev–Trinajstić information content (AvgIpc) is 3.33. The number of halogens is 1. The Balaban J connectivity index is 1.75. The Bertz CT molecular complexity index is 585. The zero-order chi connectivity index (χ0) is 14.7. The number of rotatable bonds is 3. The van der Waals surface area contributed by atoms with Gasteiger partial charge in [0.25, 0.3) is 0 Å². The van der Waals surface area contributed by atoms with Crippen LogP contribution < -0.4 is 0 Å². The van der Waals surface area contributed by atoms with Crippen LogP contribution in [-0.4, -0.2) is 11.7 Å². The Kier molecular flexibility index (Phi) is 4.13. The maximum atomic E-state index is 12.9. The Morgan fingerprint density at radius 2 is 1.90 bits per heavy atom. The van der Waals surface area contributed by atoms with Crippen molar-refractivity contribution in [1.29, 1.82) is 0 Å². The first-order valence-corrected chi connectivity index (χ1v) is 7.46. The second kappa shape index (κ2) is 6.20. The Hall–Kier alpha value is -1.97. The predicted molar refractivity (Wildman–Crippen MR) is 79.1 cm³/mol. The maximum absolute atomic E-state index is 12.9. The van der Waals surface area contributed by atoms with Gasteiger partial charge in [-0.25, -0.2) is 9.18 Å². The molecule has 0 aliphatic heterocycles. The molecule has 0 saturated heterocycles. The van der Waals surface area contributed by atoms with Crippen molar-refractivity contribution < 1.29 is 14.0 Å². The van der Waals surface area contributed by atoms with Crippen LogP contribution in [0.15, 0.2) is 35.0 Å². The number of hydrogen-bond donors (Lipinski definition) is 0. The van der Waals surface area contributed by atoms with E-state index in [0.717, 1.165) is 55.4 Å². The van der Waals surface area contributed by atoms with Crippen LogP contribution in [0.5, 0.6) is 0 Å². The third kappa shape index (κ3) is 3.78. The van der Waals surface area contributed by atoms with E-state index in [2.05, 4.69) is 5.16 Å². The van der Waals surface area contributed by atoms with Crippen LogP contribution in [0.2, 0.25) is 0 Å². The third-order valence-corrected chi connectivity index (χ3v) is 3.85. The second-order valence-corrected chi connectivity index (χ2v) is 5.65. The predicted octanol–water partition coefficient (Wildman–Crippen LogP) is 4.09. The summed E-state index contributed by atoms with van der Waals surface area (Å²) < 4.78 is 12.9. The number of benzene rings is 1. The number of hydrogen-bond acceptors (Lipinski definition) is 3. The molecule has 110 valence electrons.